The van der Waals surface area contributed by atoms with E-state index in [0.29, 0.717) is 22.8 Å². The van der Waals surface area contributed by atoms with Crippen LogP contribution in [0.25, 0.3) is 17.1 Å². The van der Waals surface area contributed by atoms with Crippen molar-refractivity contribution >= 4 is 30.0 Å². The molecule has 8 nitrogen and oxygen atoms in total. The number of benzene rings is 3. The first-order chi connectivity index (χ1) is 17.5. The summed E-state index contributed by atoms with van der Waals surface area (Å²) in [5, 5.41) is 12.9. The van der Waals surface area contributed by atoms with Gasteiger partial charge in [-0.05, 0) is 85.6 Å². The van der Waals surface area contributed by atoms with Crippen LogP contribution < -0.4 is 20.7 Å². The predicted octanol–water partition coefficient (Wildman–Crippen LogP) is 5.90. The van der Waals surface area contributed by atoms with Crippen LogP contribution in [-0.4, -0.2) is 32.7 Å². The molecule has 0 radical (unpaired) electrons. The Hall–Kier alpha value is -4.19. The normalized spacial score (nSPS) is 12.1. The number of hydrogen-bond donors (Lipinski definition) is 4. The fourth-order valence-corrected chi connectivity index (χ4v) is 3.83. The van der Waals surface area contributed by atoms with E-state index in [4.69, 9.17) is 0 Å². The summed E-state index contributed by atoms with van der Waals surface area (Å²) in [6, 6.07) is 17.7. The summed E-state index contributed by atoms with van der Waals surface area (Å²) < 4.78 is 42.3. The van der Waals surface area contributed by atoms with Crippen LogP contribution in [0, 0.1) is 13.8 Å². The first-order valence-electron chi connectivity index (χ1n) is 11.0. The van der Waals surface area contributed by atoms with E-state index in [2.05, 4.69) is 49.5 Å². The lowest BCUT2D eigenvalue weighted by atomic mass is 10.1. The highest BCUT2D eigenvalue weighted by Gasteiger charge is 2.31. The highest BCUT2D eigenvalue weighted by atomic mass is 32.1. The van der Waals surface area contributed by atoms with Crippen molar-refractivity contribution in [1.82, 2.24) is 20.1 Å². The van der Waals surface area contributed by atoms with Gasteiger partial charge in [-0.3, -0.25) is 0 Å². The van der Waals surface area contributed by atoms with Gasteiger partial charge in [0, 0.05) is 16.9 Å². The van der Waals surface area contributed by atoms with Crippen molar-refractivity contribution in [1.29, 1.82) is 0 Å². The van der Waals surface area contributed by atoms with Crippen LogP contribution in [-0.2, 0) is 0 Å². The number of aryl methyl sites for hydroxylation is 2. The Morgan fingerprint density at radius 1 is 0.973 bits per heavy atom. The largest absolute Gasteiger partial charge is 0.573 e. The standard InChI is InChI=1S/C25H23F3N6O2S/c1-15-11-16(2)13-19(12-15)31-24(37)32-23(35)30-18-5-3-17(4-6-18)22-29-14-34(33-22)20-7-9-21(10-8-20)36-25(26,27)28/h3-14,24,31,37H,1-2H3,(H2,30,32,35). The van der Waals surface area contributed by atoms with Crippen LogP contribution in [0.3, 0.4) is 0 Å². The molecule has 2 amide bonds. The third-order valence-electron chi connectivity index (χ3n) is 5.02. The van der Waals surface area contributed by atoms with Crippen molar-refractivity contribution in [3.63, 3.8) is 0 Å². The Balaban J connectivity index is 1.33. The molecule has 0 spiro atoms. The molecule has 192 valence electrons. The van der Waals surface area contributed by atoms with E-state index in [1.54, 1.807) is 24.3 Å². The fourth-order valence-electron chi connectivity index (χ4n) is 3.57. The number of carbonyl (C=O) groups excluding carboxylic acids is 1. The summed E-state index contributed by atoms with van der Waals surface area (Å²) in [7, 11) is 0. The van der Waals surface area contributed by atoms with E-state index >= 15 is 0 Å². The Morgan fingerprint density at radius 3 is 2.24 bits per heavy atom. The Morgan fingerprint density at radius 2 is 1.62 bits per heavy atom. The minimum absolute atomic E-state index is 0.325. The molecule has 3 N–H and O–H groups in total. The van der Waals surface area contributed by atoms with Gasteiger partial charge in [0.05, 0.1) is 5.69 Å². The van der Waals surface area contributed by atoms with Gasteiger partial charge in [-0.15, -0.1) is 30.9 Å². The smallest absolute Gasteiger partial charge is 0.406 e. The van der Waals surface area contributed by atoms with Crippen LogP contribution in [0.15, 0.2) is 73.1 Å². The molecule has 0 aliphatic heterocycles. The molecule has 0 aliphatic rings. The number of ether oxygens (including phenoxy) is 1. The lowest BCUT2D eigenvalue weighted by Crippen LogP contribution is -2.39. The number of urea groups is 1. The molecule has 1 aromatic heterocycles. The zero-order valence-corrected chi connectivity index (χ0v) is 20.6. The lowest BCUT2D eigenvalue weighted by molar-refractivity contribution is -0.274. The maximum atomic E-state index is 12.4. The van der Waals surface area contributed by atoms with E-state index in [0.717, 1.165) is 16.8 Å². The summed E-state index contributed by atoms with van der Waals surface area (Å²) in [6.45, 7) is 3.98. The topological polar surface area (TPSA) is 93.1 Å². The number of nitrogens with zero attached hydrogens (tertiary/aromatic N) is 3. The van der Waals surface area contributed by atoms with Gasteiger partial charge in [0.25, 0.3) is 0 Å². The number of aromatic nitrogens is 3. The van der Waals surface area contributed by atoms with Crippen molar-refractivity contribution in [2.75, 3.05) is 10.6 Å². The number of alkyl halides is 3. The second-order valence-corrected chi connectivity index (χ2v) is 8.67. The molecule has 0 aliphatic carbocycles. The minimum Gasteiger partial charge on any atom is -0.406 e. The molecule has 4 rings (SSSR count). The monoisotopic (exact) mass is 528 g/mol. The number of anilines is 2. The quantitative estimate of drug-likeness (QED) is 0.177. The number of thiol groups is 1. The Bertz CT molecular complexity index is 1350. The molecule has 37 heavy (non-hydrogen) atoms. The zero-order valence-electron chi connectivity index (χ0n) is 19.7. The van der Waals surface area contributed by atoms with Crippen LogP contribution in [0.1, 0.15) is 11.1 Å². The van der Waals surface area contributed by atoms with E-state index in [1.807, 2.05) is 26.0 Å². The average molecular weight is 529 g/mol. The number of hydrogen-bond acceptors (Lipinski definition) is 6. The SMILES string of the molecule is Cc1cc(C)cc(NC(S)NC(=O)Nc2ccc(-c3ncn(-c4ccc(OC(F)(F)F)cc4)n3)cc2)c1. The Kier molecular flexibility index (Phi) is 7.58. The van der Waals surface area contributed by atoms with Gasteiger partial charge in [-0.25, -0.2) is 14.5 Å². The van der Waals surface area contributed by atoms with E-state index in [1.165, 1.54) is 35.3 Å². The van der Waals surface area contributed by atoms with E-state index < -0.39 is 17.9 Å². The van der Waals surface area contributed by atoms with Crippen LogP contribution >= 0.6 is 12.6 Å². The molecule has 0 bridgehead atoms. The molecule has 1 atom stereocenters. The van der Waals surface area contributed by atoms with Crippen molar-refractivity contribution in [3.8, 4) is 22.8 Å². The highest BCUT2D eigenvalue weighted by Crippen LogP contribution is 2.24. The molecule has 12 heteroatoms. The van der Waals surface area contributed by atoms with Gasteiger partial charge < -0.3 is 20.7 Å². The molecule has 0 fully saturated rings. The molecule has 0 saturated carbocycles. The summed E-state index contributed by atoms with van der Waals surface area (Å²) in [5.74, 6) is 0.0775. The van der Waals surface area contributed by atoms with Crippen LogP contribution in [0.4, 0.5) is 29.3 Å². The minimum atomic E-state index is -4.75. The first-order valence-corrected chi connectivity index (χ1v) is 11.5. The zero-order chi connectivity index (χ0) is 26.6. The predicted molar refractivity (Wildman–Crippen MR) is 138 cm³/mol. The molecule has 3 aromatic carbocycles. The van der Waals surface area contributed by atoms with Crippen LogP contribution in [0.5, 0.6) is 5.75 Å². The maximum Gasteiger partial charge on any atom is 0.573 e. The summed E-state index contributed by atoms with van der Waals surface area (Å²) >= 11 is 4.38. The van der Waals surface area contributed by atoms with Crippen molar-refractivity contribution in [2.24, 2.45) is 0 Å². The number of halogens is 3. The van der Waals surface area contributed by atoms with Crippen LogP contribution in [0.2, 0.25) is 0 Å². The maximum absolute atomic E-state index is 12.4. The molecular weight excluding hydrogens is 505 g/mol. The highest BCUT2D eigenvalue weighted by molar-refractivity contribution is 7.81. The second kappa shape index (κ2) is 10.8. The van der Waals surface area contributed by atoms with Gasteiger partial charge in [-0.2, -0.15) is 0 Å². The average Bonchev–Trinajstić information content (AvgIpc) is 3.28. The lowest BCUT2D eigenvalue weighted by Gasteiger charge is -2.17. The number of rotatable bonds is 7. The summed E-state index contributed by atoms with van der Waals surface area (Å²) in [6.07, 6.45) is -3.31. The molecule has 4 aromatic rings. The number of carbonyl (C=O) groups is 1. The van der Waals surface area contributed by atoms with Gasteiger partial charge >= 0.3 is 12.4 Å². The Labute approximate surface area is 216 Å². The fraction of sp³-hybridized carbons (Fsp3) is 0.160. The van der Waals surface area contributed by atoms with Gasteiger partial charge in [0.1, 0.15) is 17.6 Å². The van der Waals surface area contributed by atoms with Gasteiger partial charge in [-0.1, -0.05) is 6.07 Å². The molecule has 0 saturated heterocycles. The third kappa shape index (κ3) is 7.40. The summed E-state index contributed by atoms with van der Waals surface area (Å²) in [4.78, 5) is 16.6. The molecule has 1 heterocycles. The van der Waals surface area contributed by atoms with E-state index in [-0.39, 0.29) is 5.75 Å². The second-order valence-electron chi connectivity index (χ2n) is 8.15. The van der Waals surface area contributed by atoms with Gasteiger partial charge in [0.2, 0.25) is 0 Å². The summed E-state index contributed by atoms with van der Waals surface area (Å²) in [5.41, 5.74) is 4.18. The molecular formula is C25H23F3N6O2S. The van der Waals surface area contributed by atoms with Crippen molar-refractivity contribution in [2.45, 2.75) is 25.7 Å². The molecule has 1 unspecified atom stereocenters. The number of nitrogens with one attached hydrogen (secondary N) is 3. The van der Waals surface area contributed by atoms with Crippen molar-refractivity contribution < 1.29 is 22.7 Å². The van der Waals surface area contributed by atoms with Crippen molar-refractivity contribution in [3.05, 3.63) is 84.2 Å². The number of amides is 2. The third-order valence-corrected chi connectivity index (χ3v) is 5.28. The van der Waals surface area contributed by atoms with E-state index in [9.17, 15) is 18.0 Å². The first kappa shape index (κ1) is 25.9. The van der Waals surface area contributed by atoms with Gasteiger partial charge in [0.15, 0.2) is 5.82 Å².